The fourth-order valence-corrected chi connectivity index (χ4v) is 2.36. The Morgan fingerprint density at radius 2 is 1.95 bits per heavy atom. The summed E-state index contributed by atoms with van der Waals surface area (Å²) >= 11 is 0. The zero-order valence-electron chi connectivity index (χ0n) is 14.3. The Labute approximate surface area is 134 Å². The zero-order chi connectivity index (χ0) is 17.0. The van der Waals surface area contributed by atoms with E-state index in [1.165, 1.54) is 6.42 Å². The molecule has 2 rings (SSSR count). The molecule has 2 atom stereocenters. The second kappa shape index (κ2) is 12.1. The van der Waals surface area contributed by atoms with Crippen molar-refractivity contribution in [3.05, 3.63) is 35.9 Å². The van der Waals surface area contributed by atoms with Crippen LogP contribution in [-0.2, 0) is 16.0 Å². The first kappa shape index (κ1) is 20.5. The number of hydrogen-bond donors (Lipinski definition) is 1. The highest BCUT2D eigenvalue weighted by molar-refractivity contribution is 5.81. The molecule has 1 aromatic carbocycles. The summed E-state index contributed by atoms with van der Waals surface area (Å²) < 4.78 is 0. The minimum atomic E-state index is -0.364. The fraction of sp³-hybridized carbons (Fsp3) is 0.556. The fourth-order valence-electron chi connectivity index (χ4n) is 2.36. The molecule has 1 saturated heterocycles. The number of aldehydes is 1. The van der Waals surface area contributed by atoms with E-state index in [1.807, 2.05) is 51.2 Å². The lowest BCUT2D eigenvalue weighted by Gasteiger charge is -2.14. The summed E-state index contributed by atoms with van der Waals surface area (Å²) in [5, 5.41) is 0. The molecule has 0 bridgehead atoms. The minimum Gasteiger partial charge on any atom is -0.321 e. The van der Waals surface area contributed by atoms with Crippen LogP contribution in [0.5, 0.6) is 0 Å². The quantitative estimate of drug-likeness (QED) is 0.868. The molecular weight excluding hydrogens is 276 g/mol. The molecule has 4 heteroatoms. The molecule has 1 aliphatic rings. The van der Waals surface area contributed by atoms with Crippen molar-refractivity contribution in [2.24, 2.45) is 5.73 Å². The molecule has 1 fully saturated rings. The average Bonchev–Trinajstić information content (AvgIpc) is 2.97. The summed E-state index contributed by atoms with van der Waals surface area (Å²) in [5.41, 5.74) is 6.54. The highest BCUT2D eigenvalue weighted by Gasteiger charge is 2.23. The minimum absolute atomic E-state index is 0.227. The van der Waals surface area contributed by atoms with Crippen molar-refractivity contribution in [1.29, 1.82) is 0 Å². The van der Waals surface area contributed by atoms with Gasteiger partial charge in [0.25, 0.3) is 0 Å². The van der Waals surface area contributed by atoms with Crippen molar-refractivity contribution in [2.45, 2.75) is 52.1 Å². The number of hydrogen-bond acceptors (Lipinski definition) is 4. The molecule has 1 aromatic rings. The topological polar surface area (TPSA) is 63.4 Å². The van der Waals surface area contributed by atoms with Gasteiger partial charge in [0.2, 0.25) is 0 Å². The van der Waals surface area contributed by atoms with Gasteiger partial charge in [-0.15, -0.1) is 0 Å². The van der Waals surface area contributed by atoms with Crippen LogP contribution in [0.1, 0.15) is 39.2 Å². The van der Waals surface area contributed by atoms with Crippen LogP contribution in [0.3, 0.4) is 0 Å². The second-order valence-corrected chi connectivity index (χ2v) is 5.24. The molecule has 0 saturated carbocycles. The van der Waals surface area contributed by atoms with Gasteiger partial charge in [0.15, 0.2) is 0 Å². The van der Waals surface area contributed by atoms with Crippen molar-refractivity contribution in [2.75, 3.05) is 13.6 Å². The summed E-state index contributed by atoms with van der Waals surface area (Å²) in [5.74, 6) is 0.315. The maximum absolute atomic E-state index is 10.8. The Morgan fingerprint density at radius 1 is 1.36 bits per heavy atom. The highest BCUT2D eigenvalue weighted by Crippen LogP contribution is 2.14. The third-order valence-corrected chi connectivity index (χ3v) is 3.48. The molecular formula is C18H30N2O2. The van der Waals surface area contributed by atoms with E-state index in [-0.39, 0.29) is 12.1 Å². The summed E-state index contributed by atoms with van der Waals surface area (Å²) in [7, 11) is 2.01. The van der Waals surface area contributed by atoms with E-state index in [1.54, 1.807) is 6.92 Å². The molecule has 4 nitrogen and oxygen atoms in total. The number of nitrogens with two attached hydrogens (primary N) is 1. The Kier molecular flexibility index (Phi) is 11.2. The number of likely N-dealkylation sites (N-methyl/N-ethyl adjacent to an activating group) is 1. The molecule has 1 heterocycles. The lowest BCUT2D eigenvalue weighted by Crippen LogP contribution is -2.30. The van der Waals surface area contributed by atoms with Gasteiger partial charge in [-0.1, -0.05) is 44.2 Å². The Morgan fingerprint density at radius 3 is 2.32 bits per heavy atom. The van der Waals surface area contributed by atoms with Crippen LogP contribution < -0.4 is 5.73 Å². The lowest BCUT2D eigenvalue weighted by atomic mass is 10.1. The van der Waals surface area contributed by atoms with Crippen LogP contribution in [0, 0.1) is 0 Å². The molecule has 0 aromatic heterocycles. The Hall–Kier alpha value is -1.52. The normalized spacial score (nSPS) is 18.3. The molecule has 0 spiro atoms. The van der Waals surface area contributed by atoms with E-state index in [0.29, 0.717) is 12.2 Å². The predicted octanol–water partition coefficient (Wildman–Crippen LogP) is 2.45. The van der Waals surface area contributed by atoms with Crippen LogP contribution in [0.2, 0.25) is 0 Å². The number of benzene rings is 1. The van der Waals surface area contributed by atoms with E-state index < -0.39 is 0 Å². The van der Waals surface area contributed by atoms with E-state index in [4.69, 9.17) is 5.73 Å². The van der Waals surface area contributed by atoms with Crippen LogP contribution in [-0.4, -0.2) is 42.6 Å². The van der Waals surface area contributed by atoms with Gasteiger partial charge in [-0.25, -0.2) is 0 Å². The summed E-state index contributed by atoms with van der Waals surface area (Å²) in [6.07, 6.45) is 3.64. The van der Waals surface area contributed by atoms with E-state index in [9.17, 15) is 9.59 Å². The maximum atomic E-state index is 10.8. The number of carbonyl (C=O) groups is 2. The smallest absolute Gasteiger partial charge is 0.146 e. The SMILES string of the molecule is CC.CC(=O)C1CCCN1C.NC(C=O)Cc1ccccc1. The molecule has 1 aliphatic heterocycles. The first-order valence-electron chi connectivity index (χ1n) is 8.00. The Balaban J connectivity index is 0.000000366. The lowest BCUT2D eigenvalue weighted by molar-refractivity contribution is -0.120. The van der Waals surface area contributed by atoms with Gasteiger partial charge in [0, 0.05) is 0 Å². The van der Waals surface area contributed by atoms with Crippen molar-refractivity contribution in [1.82, 2.24) is 4.90 Å². The third-order valence-electron chi connectivity index (χ3n) is 3.48. The number of likely N-dealkylation sites (tertiary alicyclic amines) is 1. The molecule has 0 radical (unpaired) electrons. The van der Waals surface area contributed by atoms with Crippen LogP contribution in [0.4, 0.5) is 0 Å². The first-order valence-corrected chi connectivity index (χ1v) is 8.00. The van der Waals surface area contributed by atoms with Gasteiger partial charge in [0.1, 0.15) is 12.1 Å². The predicted molar refractivity (Wildman–Crippen MR) is 91.9 cm³/mol. The van der Waals surface area contributed by atoms with Crippen molar-refractivity contribution < 1.29 is 9.59 Å². The highest BCUT2D eigenvalue weighted by atomic mass is 16.1. The standard InChI is InChI=1S/C9H11NO.C7H13NO.C2H6/c10-9(7-11)6-8-4-2-1-3-5-8;1-6(9)7-4-3-5-8(7)2;1-2/h1-5,7,9H,6,10H2;7H,3-5H2,1-2H3;1-2H3. The van der Waals surface area contributed by atoms with E-state index in [2.05, 4.69) is 4.90 Å². The van der Waals surface area contributed by atoms with E-state index in [0.717, 1.165) is 24.8 Å². The van der Waals surface area contributed by atoms with Gasteiger partial charge in [-0.3, -0.25) is 9.69 Å². The monoisotopic (exact) mass is 306 g/mol. The second-order valence-electron chi connectivity index (χ2n) is 5.24. The molecule has 2 unspecified atom stereocenters. The number of Topliss-reactive ketones (excluding diaryl/α,β-unsaturated/α-hetero) is 1. The average molecular weight is 306 g/mol. The Bertz CT molecular complexity index is 420. The molecule has 0 amide bonds. The largest absolute Gasteiger partial charge is 0.321 e. The molecule has 2 N–H and O–H groups in total. The third kappa shape index (κ3) is 8.05. The van der Waals surface area contributed by atoms with Crippen LogP contribution in [0.15, 0.2) is 30.3 Å². The molecule has 22 heavy (non-hydrogen) atoms. The molecule has 0 aliphatic carbocycles. The van der Waals surface area contributed by atoms with Gasteiger partial charge in [-0.2, -0.15) is 0 Å². The number of nitrogens with zero attached hydrogens (tertiary/aromatic N) is 1. The van der Waals surface area contributed by atoms with Crippen molar-refractivity contribution in [3.63, 3.8) is 0 Å². The first-order chi connectivity index (χ1) is 10.5. The van der Waals surface area contributed by atoms with Crippen molar-refractivity contribution in [3.8, 4) is 0 Å². The maximum Gasteiger partial charge on any atom is 0.146 e. The number of carbonyl (C=O) groups excluding carboxylic acids is 2. The summed E-state index contributed by atoms with van der Waals surface area (Å²) in [6, 6.07) is 9.60. The van der Waals surface area contributed by atoms with E-state index >= 15 is 0 Å². The van der Waals surface area contributed by atoms with Gasteiger partial charge in [-0.05, 0) is 45.3 Å². The summed E-state index contributed by atoms with van der Waals surface area (Å²) in [6.45, 7) is 6.76. The summed E-state index contributed by atoms with van der Waals surface area (Å²) in [4.78, 5) is 23.1. The number of rotatable bonds is 4. The number of ketones is 1. The van der Waals surface area contributed by atoms with Crippen molar-refractivity contribution >= 4 is 12.1 Å². The molecule has 124 valence electrons. The van der Waals surface area contributed by atoms with Crippen LogP contribution >= 0.6 is 0 Å². The van der Waals surface area contributed by atoms with Gasteiger partial charge < -0.3 is 10.5 Å². The van der Waals surface area contributed by atoms with Crippen LogP contribution in [0.25, 0.3) is 0 Å². The van der Waals surface area contributed by atoms with Gasteiger partial charge >= 0.3 is 0 Å². The zero-order valence-corrected chi connectivity index (χ0v) is 14.3. The van der Waals surface area contributed by atoms with Gasteiger partial charge in [0.05, 0.1) is 12.1 Å².